The molecular weight excluding hydrogens is 334 g/mol. The molecular formula is C19H25N3O2S. The van der Waals surface area contributed by atoms with Crippen molar-refractivity contribution in [2.75, 3.05) is 18.0 Å². The number of anilines is 1. The highest BCUT2D eigenvalue weighted by atomic mass is 32.2. The molecule has 0 amide bonds. The molecule has 1 aliphatic rings. The van der Waals surface area contributed by atoms with Gasteiger partial charge < -0.3 is 4.90 Å². The largest absolute Gasteiger partial charge is 0.357 e. The summed E-state index contributed by atoms with van der Waals surface area (Å²) < 4.78 is 27.7. The number of aryl methyl sites for hydroxylation is 2. The van der Waals surface area contributed by atoms with E-state index < -0.39 is 10.0 Å². The Morgan fingerprint density at radius 3 is 2.52 bits per heavy atom. The van der Waals surface area contributed by atoms with E-state index in [4.69, 9.17) is 0 Å². The number of pyridine rings is 1. The molecule has 1 aliphatic heterocycles. The van der Waals surface area contributed by atoms with Gasteiger partial charge in [0.05, 0.1) is 4.90 Å². The molecule has 0 aliphatic carbocycles. The Bertz CT molecular complexity index is 843. The first-order chi connectivity index (χ1) is 12.0. The van der Waals surface area contributed by atoms with Crippen LogP contribution in [0.5, 0.6) is 0 Å². The normalized spacial score (nSPS) is 15.4. The van der Waals surface area contributed by atoms with Crippen molar-refractivity contribution in [2.45, 2.75) is 44.6 Å². The maximum atomic E-state index is 12.5. The third kappa shape index (κ3) is 4.38. The number of hydrogen-bond donors (Lipinski definition) is 1. The summed E-state index contributed by atoms with van der Waals surface area (Å²) in [5, 5.41) is 0. The minimum atomic E-state index is -3.52. The van der Waals surface area contributed by atoms with Crippen molar-refractivity contribution in [1.29, 1.82) is 0 Å². The molecule has 25 heavy (non-hydrogen) atoms. The molecule has 1 saturated heterocycles. The second kappa shape index (κ2) is 7.54. The number of hydrogen-bond acceptors (Lipinski definition) is 4. The Hall–Kier alpha value is -1.92. The average molecular weight is 359 g/mol. The zero-order valence-corrected chi connectivity index (χ0v) is 15.6. The molecule has 3 rings (SSSR count). The zero-order valence-electron chi connectivity index (χ0n) is 14.8. The molecule has 1 aromatic carbocycles. The Kier molecular flexibility index (Phi) is 5.39. The van der Waals surface area contributed by atoms with Crippen molar-refractivity contribution in [1.82, 2.24) is 9.71 Å². The van der Waals surface area contributed by atoms with Gasteiger partial charge in [0, 0.05) is 25.8 Å². The smallest absolute Gasteiger partial charge is 0.240 e. The fourth-order valence-electron chi connectivity index (χ4n) is 3.01. The van der Waals surface area contributed by atoms with Crippen LogP contribution in [0.3, 0.4) is 0 Å². The van der Waals surface area contributed by atoms with Crippen LogP contribution in [-0.4, -0.2) is 26.5 Å². The predicted molar refractivity (Wildman–Crippen MR) is 100 cm³/mol. The van der Waals surface area contributed by atoms with E-state index in [1.54, 1.807) is 18.3 Å². The number of nitrogens with zero attached hydrogens (tertiary/aromatic N) is 2. The minimum Gasteiger partial charge on any atom is -0.357 e. The van der Waals surface area contributed by atoms with E-state index in [2.05, 4.69) is 14.6 Å². The van der Waals surface area contributed by atoms with Gasteiger partial charge in [0.15, 0.2) is 0 Å². The Labute approximate surface area is 150 Å². The van der Waals surface area contributed by atoms with Gasteiger partial charge in [-0.2, -0.15) is 0 Å². The molecule has 0 bridgehead atoms. The predicted octanol–water partition coefficient (Wildman–Crippen LogP) is 3.17. The molecule has 2 aromatic rings. The standard InChI is InChI=1S/C19H25N3O2S/c1-15-6-7-18(12-16(15)2)25(23,24)21-14-17-8-9-20-19(13-17)22-10-4-3-5-11-22/h6-9,12-13,21H,3-5,10-11,14H2,1-2H3. The first-order valence-corrected chi connectivity index (χ1v) is 10.2. The summed E-state index contributed by atoms with van der Waals surface area (Å²) in [5.74, 6) is 0.933. The van der Waals surface area contributed by atoms with E-state index in [-0.39, 0.29) is 6.54 Å². The Balaban J connectivity index is 1.71. The van der Waals surface area contributed by atoms with Crippen molar-refractivity contribution < 1.29 is 8.42 Å². The molecule has 0 atom stereocenters. The van der Waals surface area contributed by atoms with E-state index in [0.717, 1.165) is 35.6 Å². The van der Waals surface area contributed by atoms with E-state index in [0.29, 0.717) is 4.90 Å². The lowest BCUT2D eigenvalue weighted by Crippen LogP contribution is -2.30. The average Bonchev–Trinajstić information content (AvgIpc) is 2.63. The highest BCUT2D eigenvalue weighted by Crippen LogP contribution is 2.19. The van der Waals surface area contributed by atoms with Gasteiger partial charge in [0.1, 0.15) is 5.82 Å². The summed E-state index contributed by atoms with van der Waals surface area (Å²) in [6.07, 6.45) is 5.40. The molecule has 0 saturated carbocycles. The highest BCUT2D eigenvalue weighted by Gasteiger charge is 2.16. The molecule has 134 valence electrons. The third-order valence-electron chi connectivity index (χ3n) is 4.74. The molecule has 0 spiro atoms. The summed E-state index contributed by atoms with van der Waals surface area (Å²) in [6, 6.07) is 9.04. The van der Waals surface area contributed by atoms with Gasteiger partial charge in [-0.25, -0.2) is 18.1 Å². The SMILES string of the molecule is Cc1ccc(S(=O)(=O)NCc2ccnc(N3CCCCC3)c2)cc1C. The van der Waals surface area contributed by atoms with E-state index in [1.165, 1.54) is 19.3 Å². The van der Waals surface area contributed by atoms with Crippen molar-refractivity contribution >= 4 is 15.8 Å². The van der Waals surface area contributed by atoms with Crippen LogP contribution in [0.1, 0.15) is 36.0 Å². The number of nitrogens with one attached hydrogen (secondary N) is 1. The second-order valence-electron chi connectivity index (χ2n) is 6.64. The van der Waals surface area contributed by atoms with Crippen molar-refractivity contribution in [2.24, 2.45) is 0 Å². The molecule has 1 N–H and O–H groups in total. The van der Waals surface area contributed by atoms with Crippen LogP contribution in [0.2, 0.25) is 0 Å². The first-order valence-electron chi connectivity index (χ1n) is 8.72. The summed E-state index contributed by atoms with van der Waals surface area (Å²) in [5.41, 5.74) is 2.97. The van der Waals surface area contributed by atoms with E-state index in [1.807, 2.05) is 32.0 Å². The number of aromatic nitrogens is 1. The summed E-state index contributed by atoms with van der Waals surface area (Å²) in [4.78, 5) is 7.01. The fraction of sp³-hybridized carbons (Fsp3) is 0.421. The van der Waals surface area contributed by atoms with Crippen LogP contribution in [0.4, 0.5) is 5.82 Å². The van der Waals surface area contributed by atoms with Gasteiger partial charge in [0.25, 0.3) is 0 Å². The zero-order chi connectivity index (χ0) is 17.9. The maximum Gasteiger partial charge on any atom is 0.240 e. The van der Waals surface area contributed by atoms with Crippen molar-refractivity contribution in [3.8, 4) is 0 Å². The molecule has 6 heteroatoms. The quantitative estimate of drug-likeness (QED) is 0.891. The van der Waals surface area contributed by atoms with Gasteiger partial charge in [-0.15, -0.1) is 0 Å². The number of rotatable bonds is 5. The monoisotopic (exact) mass is 359 g/mol. The van der Waals surface area contributed by atoms with Gasteiger partial charge in [-0.05, 0) is 74.1 Å². The van der Waals surface area contributed by atoms with Crippen LogP contribution < -0.4 is 9.62 Å². The first kappa shape index (κ1) is 17.9. The lowest BCUT2D eigenvalue weighted by molar-refractivity contribution is 0.572. The lowest BCUT2D eigenvalue weighted by atomic mass is 10.1. The fourth-order valence-corrected chi connectivity index (χ4v) is 4.11. The van der Waals surface area contributed by atoms with Gasteiger partial charge >= 0.3 is 0 Å². The number of benzene rings is 1. The Morgan fingerprint density at radius 1 is 1.04 bits per heavy atom. The topological polar surface area (TPSA) is 62.3 Å². The number of piperidine rings is 1. The molecule has 2 heterocycles. The van der Waals surface area contributed by atoms with Crippen LogP contribution in [-0.2, 0) is 16.6 Å². The molecule has 5 nitrogen and oxygen atoms in total. The van der Waals surface area contributed by atoms with Gasteiger partial charge in [-0.3, -0.25) is 0 Å². The van der Waals surface area contributed by atoms with Crippen LogP contribution in [0, 0.1) is 13.8 Å². The van der Waals surface area contributed by atoms with Crippen LogP contribution in [0.25, 0.3) is 0 Å². The molecule has 0 radical (unpaired) electrons. The minimum absolute atomic E-state index is 0.263. The molecule has 0 unspecified atom stereocenters. The third-order valence-corrected chi connectivity index (χ3v) is 6.14. The van der Waals surface area contributed by atoms with Crippen LogP contribution in [0.15, 0.2) is 41.4 Å². The Morgan fingerprint density at radius 2 is 1.80 bits per heavy atom. The second-order valence-corrected chi connectivity index (χ2v) is 8.41. The summed E-state index contributed by atoms with van der Waals surface area (Å²) in [6.45, 7) is 6.19. The summed E-state index contributed by atoms with van der Waals surface area (Å²) >= 11 is 0. The lowest BCUT2D eigenvalue weighted by Gasteiger charge is -2.27. The highest BCUT2D eigenvalue weighted by molar-refractivity contribution is 7.89. The van der Waals surface area contributed by atoms with Crippen LogP contribution >= 0.6 is 0 Å². The van der Waals surface area contributed by atoms with Gasteiger partial charge in [0.2, 0.25) is 10.0 Å². The molecule has 1 aromatic heterocycles. The van der Waals surface area contributed by atoms with E-state index >= 15 is 0 Å². The van der Waals surface area contributed by atoms with Gasteiger partial charge in [-0.1, -0.05) is 6.07 Å². The van der Waals surface area contributed by atoms with E-state index in [9.17, 15) is 8.42 Å². The van der Waals surface area contributed by atoms with Crippen molar-refractivity contribution in [3.63, 3.8) is 0 Å². The summed E-state index contributed by atoms with van der Waals surface area (Å²) in [7, 11) is -3.52. The van der Waals surface area contributed by atoms with Crippen molar-refractivity contribution in [3.05, 3.63) is 53.2 Å². The number of sulfonamides is 1. The maximum absolute atomic E-state index is 12.5. The molecule has 1 fully saturated rings.